The summed E-state index contributed by atoms with van der Waals surface area (Å²) in [6.45, 7) is 4.76. The Labute approximate surface area is 142 Å². The minimum absolute atomic E-state index is 0.599. The van der Waals surface area contributed by atoms with Crippen LogP contribution >= 0.6 is 35.4 Å². The van der Waals surface area contributed by atoms with E-state index >= 15 is 0 Å². The molecule has 3 N–H and O–H groups in total. The molecule has 0 aromatic heterocycles. The summed E-state index contributed by atoms with van der Waals surface area (Å²) in [6.07, 6.45) is 5.28. The van der Waals surface area contributed by atoms with Gasteiger partial charge in [-0.05, 0) is 49.7 Å². The average Bonchev–Trinajstić information content (AvgIpc) is 2.43. The van der Waals surface area contributed by atoms with E-state index in [-0.39, 0.29) is 0 Å². The molecule has 1 fully saturated rings. The van der Waals surface area contributed by atoms with Crippen LogP contribution in [0.15, 0.2) is 18.2 Å². The molecule has 21 heavy (non-hydrogen) atoms. The zero-order valence-corrected chi connectivity index (χ0v) is 14.4. The summed E-state index contributed by atoms with van der Waals surface area (Å²) in [4.78, 5) is 1.73. The van der Waals surface area contributed by atoms with E-state index in [9.17, 15) is 0 Å². The van der Waals surface area contributed by atoms with Crippen LogP contribution in [0.1, 0.15) is 25.7 Å². The first kappa shape index (κ1) is 16.8. The van der Waals surface area contributed by atoms with Gasteiger partial charge in [-0.25, -0.2) is 0 Å². The highest BCUT2D eigenvalue weighted by molar-refractivity contribution is 7.80. The number of thiocarbonyl (C=S) groups is 1. The van der Waals surface area contributed by atoms with Crippen LogP contribution in [0.5, 0.6) is 0 Å². The van der Waals surface area contributed by atoms with E-state index in [0.717, 1.165) is 18.7 Å². The molecule has 1 aliphatic rings. The maximum atomic E-state index is 5.96. The van der Waals surface area contributed by atoms with Gasteiger partial charge in [0.05, 0.1) is 19.6 Å². The van der Waals surface area contributed by atoms with Gasteiger partial charge in [0.1, 0.15) is 0 Å². The molecule has 1 aliphatic heterocycles. The van der Waals surface area contributed by atoms with Gasteiger partial charge in [-0.1, -0.05) is 23.2 Å². The van der Waals surface area contributed by atoms with Crippen molar-refractivity contribution in [3.8, 4) is 0 Å². The van der Waals surface area contributed by atoms with Crippen molar-refractivity contribution in [2.75, 3.05) is 31.5 Å². The fourth-order valence-corrected chi connectivity index (χ4v) is 3.39. The maximum Gasteiger partial charge on any atom is 0.170 e. The van der Waals surface area contributed by atoms with Crippen molar-refractivity contribution in [1.82, 2.24) is 5.32 Å². The average molecular weight is 347 g/mol. The van der Waals surface area contributed by atoms with Gasteiger partial charge in [0.15, 0.2) is 5.11 Å². The minimum Gasteiger partial charge on any atom is -0.362 e. The van der Waals surface area contributed by atoms with Crippen molar-refractivity contribution in [2.45, 2.75) is 25.7 Å². The topological polar surface area (TPSA) is 28.5 Å². The SMILES string of the molecule is S=C(NCCC[NH+]1CCCCC1)Nc1cc(Cl)cc(Cl)c1. The van der Waals surface area contributed by atoms with E-state index in [1.807, 2.05) is 0 Å². The quantitative estimate of drug-likeness (QED) is 0.565. The molecule has 3 nitrogen and oxygen atoms in total. The van der Waals surface area contributed by atoms with Crippen molar-refractivity contribution >= 4 is 46.2 Å². The molecule has 1 aromatic rings. The van der Waals surface area contributed by atoms with Crippen LogP contribution in [-0.4, -0.2) is 31.3 Å². The molecule has 6 heteroatoms. The second-order valence-corrected chi connectivity index (χ2v) is 6.73. The van der Waals surface area contributed by atoms with Gasteiger partial charge in [0.2, 0.25) is 0 Å². The summed E-state index contributed by atoms with van der Waals surface area (Å²) >= 11 is 17.2. The molecule has 0 radical (unpaired) electrons. The summed E-state index contributed by atoms with van der Waals surface area (Å²) in [5, 5.41) is 8.15. The number of piperidine rings is 1. The first-order chi connectivity index (χ1) is 10.1. The van der Waals surface area contributed by atoms with Crippen LogP contribution in [0.3, 0.4) is 0 Å². The summed E-state index contributed by atoms with van der Waals surface area (Å²) in [6, 6.07) is 5.31. The van der Waals surface area contributed by atoms with Crippen LogP contribution in [0.4, 0.5) is 5.69 Å². The molecule has 0 amide bonds. The Morgan fingerprint density at radius 3 is 2.43 bits per heavy atom. The Kier molecular flexibility index (Phi) is 7.04. The first-order valence-electron chi connectivity index (χ1n) is 7.48. The highest BCUT2D eigenvalue weighted by Crippen LogP contribution is 2.22. The number of benzene rings is 1. The Morgan fingerprint density at radius 1 is 1.10 bits per heavy atom. The third-order valence-electron chi connectivity index (χ3n) is 3.67. The summed E-state index contributed by atoms with van der Waals surface area (Å²) in [5.41, 5.74) is 0.812. The molecular weight excluding hydrogens is 325 g/mol. The summed E-state index contributed by atoms with van der Waals surface area (Å²) < 4.78 is 0. The minimum atomic E-state index is 0.599. The lowest BCUT2D eigenvalue weighted by Gasteiger charge is -2.23. The second-order valence-electron chi connectivity index (χ2n) is 5.45. The molecule has 1 heterocycles. The van der Waals surface area contributed by atoms with Crippen LogP contribution in [0.25, 0.3) is 0 Å². The molecular formula is C15H22Cl2N3S+. The first-order valence-corrected chi connectivity index (χ1v) is 8.64. The fraction of sp³-hybridized carbons (Fsp3) is 0.533. The number of hydrogen-bond donors (Lipinski definition) is 3. The van der Waals surface area contributed by atoms with Gasteiger partial charge in [0, 0.05) is 28.7 Å². The third-order valence-corrected chi connectivity index (χ3v) is 4.36. The van der Waals surface area contributed by atoms with Crippen molar-refractivity contribution in [3.05, 3.63) is 28.2 Å². The Hall–Kier alpha value is -0.550. The van der Waals surface area contributed by atoms with E-state index in [4.69, 9.17) is 35.4 Å². The zero-order valence-electron chi connectivity index (χ0n) is 12.1. The van der Waals surface area contributed by atoms with Gasteiger partial charge < -0.3 is 15.5 Å². The highest BCUT2D eigenvalue weighted by atomic mass is 35.5. The van der Waals surface area contributed by atoms with Gasteiger partial charge in [-0.3, -0.25) is 0 Å². The maximum absolute atomic E-state index is 5.96. The van der Waals surface area contributed by atoms with Crippen LogP contribution in [0, 0.1) is 0 Å². The van der Waals surface area contributed by atoms with E-state index in [2.05, 4.69) is 10.6 Å². The number of anilines is 1. The lowest BCUT2D eigenvalue weighted by molar-refractivity contribution is -0.904. The molecule has 0 unspecified atom stereocenters. The number of rotatable bonds is 5. The van der Waals surface area contributed by atoms with E-state index < -0.39 is 0 Å². The number of halogens is 2. The summed E-state index contributed by atoms with van der Waals surface area (Å²) in [5.74, 6) is 0. The molecule has 116 valence electrons. The molecule has 0 spiro atoms. The molecule has 1 saturated heterocycles. The van der Waals surface area contributed by atoms with Gasteiger partial charge in [-0.2, -0.15) is 0 Å². The Balaban J connectivity index is 1.65. The van der Waals surface area contributed by atoms with Gasteiger partial charge >= 0.3 is 0 Å². The van der Waals surface area contributed by atoms with Crippen LogP contribution in [0.2, 0.25) is 10.0 Å². The fourth-order valence-electron chi connectivity index (χ4n) is 2.64. The monoisotopic (exact) mass is 346 g/mol. The van der Waals surface area contributed by atoms with Crippen molar-refractivity contribution in [3.63, 3.8) is 0 Å². The zero-order chi connectivity index (χ0) is 15.1. The number of hydrogen-bond acceptors (Lipinski definition) is 1. The van der Waals surface area contributed by atoms with E-state index in [1.54, 1.807) is 23.1 Å². The number of quaternary nitrogens is 1. The summed E-state index contributed by atoms with van der Waals surface area (Å²) in [7, 11) is 0. The predicted molar refractivity (Wildman–Crippen MR) is 94.7 cm³/mol. The molecule has 0 bridgehead atoms. The normalized spacial score (nSPS) is 15.7. The largest absolute Gasteiger partial charge is 0.362 e. The third kappa shape index (κ3) is 6.39. The van der Waals surface area contributed by atoms with Crippen LogP contribution < -0.4 is 15.5 Å². The smallest absolute Gasteiger partial charge is 0.170 e. The standard InChI is InChI=1S/C15H21Cl2N3S/c16-12-9-13(17)11-14(10-12)19-15(21)18-5-4-8-20-6-2-1-3-7-20/h9-11H,1-8H2,(H2,18,19,21)/p+1. The lowest BCUT2D eigenvalue weighted by Crippen LogP contribution is -3.12. The second kappa shape index (κ2) is 8.79. The van der Waals surface area contributed by atoms with Crippen molar-refractivity contribution in [1.29, 1.82) is 0 Å². The predicted octanol–water partition coefficient (Wildman–Crippen LogP) is 2.74. The molecule has 0 saturated carbocycles. The molecule has 2 rings (SSSR count). The Morgan fingerprint density at radius 2 is 1.76 bits per heavy atom. The van der Waals surface area contributed by atoms with Gasteiger partial charge in [0.25, 0.3) is 0 Å². The lowest BCUT2D eigenvalue weighted by atomic mass is 10.1. The Bertz CT molecular complexity index is 456. The van der Waals surface area contributed by atoms with Crippen LogP contribution in [-0.2, 0) is 0 Å². The molecule has 0 atom stereocenters. The van der Waals surface area contributed by atoms with Crippen molar-refractivity contribution < 1.29 is 4.90 Å². The van der Waals surface area contributed by atoms with E-state index in [1.165, 1.54) is 38.9 Å². The van der Waals surface area contributed by atoms with E-state index in [0.29, 0.717) is 15.2 Å². The highest BCUT2D eigenvalue weighted by Gasteiger charge is 2.12. The molecule has 0 aliphatic carbocycles. The molecule has 1 aromatic carbocycles. The number of nitrogens with one attached hydrogen (secondary N) is 3. The van der Waals surface area contributed by atoms with Gasteiger partial charge in [-0.15, -0.1) is 0 Å². The number of likely N-dealkylation sites (tertiary alicyclic amines) is 1. The van der Waals surface area contributed by atoms with Crippen molar-refractivity contribution in [2.24, 2.45) is 0 Å².